The first-order valence-electron chi connectivity index (χ1n) is 12.4. The van der Waals surface area contributed by atoms with E-state index < -0.39 is 0 Å². The number of fused-ring (bicyclic) bond motifs is 1. The van der Waals surface area contributed by atoms with Gasteiger partial charge in [0.1, 0.15) is 0 Å². The Bertz CT molecular complexity index is 1580. The van der Waals surface area contributed by atoms with Crippen LogP contribution in [0.25, 0.3) is 21.9 Å². The summed E-state index contributed by atoms with van der Waals surface area (Å²) in [5.74, 6) is 0. The van der Waals surface area contributed by atoms with Gasteiger partial charge in [0.05, 0.1) is 0 Å². The third-order valence-corrected chi connectivity index (χ3v) is 9.89. The average molecular weight is 1160 g/mol. The fraction of sp³-hybridized carbons (Fsp3) is 0.0286. The van der Waals surface area contributed by atoms with Crippen LogP contribution in [0.4, 0.5) is 0 Å². The van der Waals surface area contributed by atoms with Gasteiger partial charge in [-0.15, -0.1) is 0 Å². The second-order valence-corrected chi connectivity index (χ2v) is 16.9. The van der Waals surface area contributed by atoms with Gasteiger partial charge in [-0.25, -0.2) is 0 Å². The van der Waals surface area contributed by atoms with E-state index in [2.05, 4.69) is 228 Å². The summed E-state index contributed by atoms with van der Waals surface area (Å²) in [5.41, 5.74) is 2.47. The van der Waals surface area contributed by atoms with Gasteiger partial charge in [0.2, 0.25) is 0 Å². The minimum atomic E-state index is 0. The fourth-order valence-electron chi connectivity index (χ4n) is 3.42. The molecule has 228 valence electrons. The van der Waals surface area contributed by atoms with E-state index in [-0.39, 0.29) is 7.43 Å². The molecular formula is C35H25Br9. The maximum Gasteiger partial charge on any atom is 0.0197 e. The van der Waals surface area contributed by atoms with Crippen molar-refractivity contribution in [1.82, 2.24) is 0 Å². The molecule has 0 atom stereocenters. The smallest absolute Gasteiger partial charge is 0.0197 e. The average Bonchev–Trinajstić information content (AvgIpc) is 2.96. The highest BCUT2D eigenvalue weighted by Gasteiger charge is 1.97. The van der Waals surface area contributed by atoms with Crippen molar-refractivity contribution in [3.8, 4) is 11.1 Å². The molecule has 0 aliphatic heterocycles. The number of benzene rings is 6. The van der Waals surface area contributed by atoms with Crippen LogP contribution >= 0.6 is 143 Å². The van der Waals surface area contributed by atoms with Gasteiger partial charge in [0.25, 0.3) is 0 Å². The summed E-state index contributed by atoms with van der Waals surface area (Å²) < 4.78 is 9.91. The van der Waals surface area contributed by atoms with Crippen LogP contribution < -0.4 is 0 Å². The highest BCUT2D eigenvalue weighted by Crippen LogP contribution is 2.25. The van der Waals surface area contributed by atoms with Crippen molar-refractivity contribution < 1.29 is 0 Å². The lowest BCUT2D eigenvalue weighted by Crippen LogP contribution is -1.76. The molecule has 0 saturated carbocycles. The third kappa shape index (κ3) is 15.2. The number of rotatable bonds is 1. The molecule has 0 amide bonds. The first-order valence-corrected chi connectivity index (χ1v) is 19.5. The van der Waals surface area contributed by atoms with Crippen molar-refractivity contribution in [2.45, 2.75) is 7.43 Å². The second kappa shape index (κ2) is 21.0. The van der Waals surface area contributed by atoms with Crippen LogP contribution in [0.15, 0.2) is 168 Å². The van der Waals surface area contributed by atoms with Gasteiger partial charge in [-0.1, -0.05) is 187 Å². The highest BCUT2D eigenvalue weighted by atomic mass is 79.9. The van der Waals surface area contributed by atoms with Crippen LogP contribution in [0.3, 0.4) is 0 Å². The molecule has 44 heavy (non-hydrogen) atoms. The minimum Gasteiger partial charge on any atom is -0.0776 e. The summed E-state index contributed by atoms with van der Waals surface area (Å²) >= 11 is 30.4. The molecule has 0 heterocycles. The van der Waals surface area contributed by atoms with Crippen molar-refractivity contribution >= 4 is 154 Å². The predicted molar refractivity (Wildman–Crippen MR) is 225 cm³/mol. The zero-order chi connectivity index (χ0) is 31.4. The van der Waals surface area contributed by atoms with Gasteiger partial charge < -0.3 is 0 Å². The quantitative estimate of drug-likeness (QED) is 0.154. The van der Waals surface area contributed by atoms with E-state index in [4.69, 9.17) is 0 Å². The lowest BCUT2D eigenvalue weighted by Gasteiger charge is -2.01. The summed E-state index contributed by atoms with van der Waals surface area (Å²) in [7, 11) is 0. The van der Waals surface area contributed by atoms with Crippen molar-refractivity contribution in [2.75, 3.05) is 0 Å². The van der Waals surface area contributed by atoms with Crippen LogP contribution in [0.2, 0.25) is 0 Å². The number of hydrogen-bond donors (Lipinski definition) is 0. The molecule has 0 fully saturated rings. The summed E-state index contributed by atoms with van der Waals surface area (Å²) in [6, 6.07) is 43.1. The summed E-state index contributed by atoms with van der Waals surface area (Å²) in [4.78, 5) is 0. The van der Waals surface area contributed by atoms with Gasteiger partial charge >= 0.3 is 0 Å². The molecule has 0 nitrogen and oxygen atoms in total. The molecule has 0 N–H and O–H groups in total. The Morgan fingerprint density at radius 1 is 0.227 bits per heavy atom. The van der Waals surface area contributed by atoms with E-state index >= 15 is 0 Å². The molecule has 0 aliphatic rings. The third-order valence-electron chi connectivity index (χ3n) is 5.42. The van der Waals surface area contributed by atoms with Gasteiger partial charge in [0, 0.05) is 40.3 Å². The largest absolute Gasteiger partial charge is 0.0776 e. The van der Waals surface area contributed by atoms with Crippen LogP contribution in [0, 0.1) is 0 Å². The second-order valence-electron chi connectivity index (χ2n) is 8.67. The van der Waals surface area contributed by atoms with Crippen LogP contribution in [0.5, 0.6) is 0 Å². The molecule has 0 aromatic heterocycles. The molecule has 0 radical (unpaired) electrons. The lowest BCUT2D eigenvalue weighted by molar-refractivity contribution is 1.56. The van der Waals surface area contributed by atoms with E-state index in [9.17, 15) is 0 Å². The Morgan fingerprint density at radius 3 is 0.727 bits per heavy atom. The van der Waals surface area contributed by atoms with Gasteiger partial charge in [-0.2, -0.15) is 0 Å². The molecule has 0 saturated heterocycles. The molecular weight excluding hydrogens is 1140 g/mol. The molecule has 0 bridgehead atoms. The van der Waals surface area contributed by atoms with Gasteiger partial charge in [0.15, 0.2) is 0 Å². The molecule has 6 rings (SSSR count). The Morgan fingerprint density at radius 2 is 0.455 bits per heavy atom. The van der Waals surface area contributed by atoms with Crippen LogP contribution in [0.1, 0.15) is 7.43 Å². The number of halogens is 9. The summed E-state index contributed by atoms with van der Waals surface area (Å²) in [6.07, 6.45) is 0. The molecule has 0 unspecified atom stereocenters. The minimum absolute atomic E-state index is 0. The standard InChI is InChI=1S/C12H8Br2.C10H6Br2.C6H3Br3.C6H4Br2.CH4/c13-11-5-1-9(2-6-11)10-3-7-12(14)8-4-10;11-9-3-1-7-5-10(12)4-2-8(7)6-9;7-4-1-5(8)3-6(9)2-4;7-5-1-2-6(8)4-3-5;/h1-8H;1-6H;1-3H;1-4H;1H4. The van der Waals surface area contributed by atoms with E-state index in [0.29, 0.717) is 0 Å². The Hall–Kier alpha value is -0.100. The van der Waals surface area contributed by atoms with E-state index in [0.717, 1.165) is 40.3 Å². The van der Waals surface area contributed by atoms with Crippen molar-refractivity contribution in [3.63, 3.8) is 0 Å². The van der Waals surface area contributed by atoms with Crippen LogP contribution in [-0.2, 0) is 0 Å². The molecule has 6 aromatic rings. The molecule has 0 spiro atoms. The predicted octanol–water partition coefficient (Wildman–Crippen LogP) is 17.1. The van der Waals surface area contributed by atoms with E-state index in [1.165, 1.54) is 21.9 Å². The highest BCUT2D eigenvalue weighted by molar-refractivity contribution is 9.12. The van der Waals surface area contributed by atoms with Gasteiger partial charge in [-0.3, -0.25) is 0 Å². The number of hydrogen-bond acceptors (Lipinski definition) is 0. The topological polar surface area (TPSA) is 0 Å². The van der Waals surface area contributed by atoms with E-state index in [1.807, 2.05) is 42.5 Å². The Labute approximate surface area is 336 Å². The zero-order valence-corrected chi connectivity index (χ0v) is 36.3. The monoisotopic (exact) mass is 1160 g/mol. The lowest BCUT2D eigenvalue weighted by atomic mass is 10.1. The maximum atomic E-state index is 3.44. The Kier molecular flexibility index (Phi) is 19.1. The van der Waals surface area contributed by atoms with Crippen molar-refractivity contribution in [2.24, 2.45) is 0 Å². The van der Waals surface area contributed by atoms with Crippen LogP contribution in [-0.4, -0.2) is 0 Å². The normalized spacial score (nSPS) is 9.75. The Balaban J connectivity index is 0.000000208. The molecule has 6 aromatic carbocycles. The fourth-order valence-corrected chi connectivity index (χ4v) is 7.64. The van der Waals surface area contributed by atoms with E-state index in [1.54, 1.807) is 0 Å². The maximum absolute atomic E-state index is 3.44. The first kappa shape index (κ1) is 40.1. The summed E-state index contributed by atoms with van der Waals surface area (Å²) in [6.45, 7) is 0. The summed E-state index contributed by atoms with van der Waals surface area (Å²) in [5, 5.41) is 2.51. The zero-order valence-electron chi connectivity index (χ0n) is 22.0. The first-order chi connectivity index (χ1) is 20.5. The van der Waals surface area contributed by atoms with Crippen molar-refractivity contribution in [3.05, 3.63) is 168 Å². The SMILES string of the molecule is Brc1cc(Br)cc(Br)c1.Brc1ccc(-c2ccc(Br)cc2)cc1.Brc1ccc(Br)cc1.Brc1ccc2cc(Br)ccc2c1.C. The molecule has 0 aliphatic carbocycles. The van der Waals surface area contributed by atoms with Gasteiger partial charge in [-0.05, 0) is 113 Å². The van der Waals surface area contributed by atoms with Crippen molar-refractivity contribution in [1.29, 1.82) is 0 Å². The molecule has 9 heteroatoms.